The Morgan fingerprint density at radius 3 is 2.33 bits per heavy atom. The van der Waals surface area contributed by atoms with Crippen molar-refractivity contribution >= 4 is 17.7 Å². The number of guanidine groups is 1. The molecule has 0 amide bonds. The number of rotatable bonds is 7. The number of fused-ring (bicyclic) bond motifs is 2. The molecule has 0 bridgehead atoms. The van der Waals surface area contributed by atoms with Gasteiger partial charge in [-0.05, 0) is 79.6 Å². The van der Waals surface area contributed by atoms with E-state index in [-0.39, 0.29) is 17.7 Å². The van der Waals surface area contributed by atoms with Crippen LogP contribution in [-0.4, -0.2) is 37.0 Å². The number of hydrogen-bond donors (Lipinski definition) is 2. The van der Waals surface area contributed by atoms with Crippen LogP contribution in [0.1, 0.15) is 66.1 Å². The van der Waals surface area contributed by atoms with Gasteiger partial charge in [-0.25, -0.2) is 0 Å². The van der Waals surface area contributed by atoms with E-state index in [1.807, 2.05) is 43.0 Å². The van der Waals surface area contributed by atoms with Gasteiger partial charge in [0, 0.05) is 25.9 Å². The molecule has 0 fully saturated rings. The lowest BCUT2D eigenvalue weighted by Crippen LogP contribution is -2.41. The third-order valence-electron chi connectivity index (χ3n) is 7.11. The number of halogens is 6. The number of nitrogens with one attached hydrogen (secondary N) is 1. The van der Waals surface area contributed by atoms with E-state index in [9.17, 15) is 26.3 Å². The molecular weight excluding hydrogens is 566 g/mol. The SMILES string of the molecule is COC(OC(C)C)N1CCCC(N(Cc2cc(C(F)(F)F)cc(C(F)(F)F)c2)C(=N)N=NN)c2cc3c(cc21)C=CC3. The highest BCUT2D eigenvalue weighted by molar-refractivity contribution is 5.78. The highest BCUT2D eigenvalue weighted by atomic mass is 19.4. The summed E-state index contributed by atoms with van der Waals surface area (Å²) in [6.45, 7) is 3.72. The minimum absolute atomic E-state index is 0.0769. The van der Waals surface area contributed by atoms with Crippen molar-refractivity contribution in [2.75, 3.05) is 18.6 Å². The monoisotopic (exact) mass is 598 g/mol. The van der Waals surface area contributed by atoms with Gasteiger partial charge in [-0.3, -0.25) is 5.41 Å². The van der Waals surface area contributed by atoms with Crippen molar-refractivity contribution in [1.82, 2.24) is 4.90 Å². The lowest BCUT2D eigenvalue weighted by atomic mass is 9.94. The second-order valence-corrected chi connectivity index (χ2v) is 10.4. The Hall–Kier alpha value is -3.65. The lowest BCUT2D eigenvalue weighted by molar-refractivity contribution is -0.146. The topological polar surface area (TPSA) is 99.5 Å². The van der Waals surface area contributed by atoms with E-state index >= 15 is 0 Å². The Morgan fingerprint density at radius 2 is 1.76 bits per heavy atom. The van der Waals surface area contributed by atoms with Gasteiger partial charge in [0.25, 0.3) is 0 Å². The fraction of sp³-hybridized carbons (Fsp3) is 0.464. The van der Waals surface area contributed by atoms with Crippen LogP contribution in [-0.2, 0) is 34.8 Å². The van der Waals surface area contributed by atoms with E-state index in [4.69, 9.17) is 20.7 Å². The van der Waals surface area contributed by atoms with Crippen molar-refractivity contribution in [3.05, 3.63) is 69.8 Å². The van der Waals surface area contributed by atoms with Crippen LogP contribution in [0.3, 0.4) is 0 Å². The van der Waals surface area contributed by atoms with E-state index in [0.29, 0.717) is 49.2 Å². The summed E-state index contributed by atoms with van der Waals surface area (Å²) in [6, 6.07) is 4.62. The first-order valence-corrected chi connectivity index (χ1v) is 13.3. The second-order valence-electron chi connectivity index (χ2n) is 10.4. The van der Waals surface area contributed by atoms with Gasteiger partial charge in [-0.15, -0.1) is 0 Å². The number of ether oxygens (including phenoxy) is 2. The van der Waals surface area contributed by atoms with Gasteiger partial charge in [0.2, 0.25) is 12.4 Å². The van der Waals surface area contributed by atoms with Crippen molar-refractivity contribution in [3.8, 4) is 0 Å². The molecule has 0 saturated heterocycles. The Morgan fingerprint density at radius 1 is 1.10 bits per heavy atom. The van der Waals surface area contributed by atoms with E-state index in [1.54, 1.807) is 0 Å². The number of benzene rings is 2. The molecule has 14 heteroatoms. The molecular formula is C28H32F6N6O2. The summed E-state index contributed by atoms with van der Waals surface area (Å²) in [5.74, 6) is 4.72. The molecule has 2 aromatic rings. The zero-order valence-electron chi connectivity index (χ0n) is 23.3. The third kappa shape index (κ3) is 6.86. The minimum atomic E-state index is -5.01. The summed E-state index contributed by atoms with van der Waals surface area (Å²) in [5, 5.41) is 15.4. The quantitative estimate of drug-likeness (QED) is 0.0677. The van der Waals surface area contributed by atoms with Crippen LogP contribution in [0.2, 0.25) is 0 Å². The summed E-state index contributed by atoms with van der Waals surface area (Å²) in [7, 11) is 1.51. The van der Waals surface area contributed by atoms with Crippen LogP contribution in [0.15, 0.2) is 46.7 Å². The number of hydrogen-bond acceptors (Lipinski definition) is 5. The molecule has 0 saturated carbocycles. The molecule has 2 aromatic carbocycles. The molecule has 1 aliphatic carbocycles. The van der Waals surface area contributed by atoms with Gasteiger partial charge < -0.3 is 25.1 Å². The minimum Gasteiger partial charge on any atom is -0.339 e. The first-order chi connectivity index (χ1) is 19.7. The van der Waals surface area contributed by atoms with Gasteiger partial charge in [-0.1, -0.05) is 28.6 Å². The molecule has 1 aliphatic heterocycles. The molecule has 1 heterocycles. The smallest absolute Gasteiger partial charge is 0.339 e. The van der Waals surface area contributed by atoms with Crippen molar-refractivity contribution in [2.24, 2.45) is 16.2 Å². The van der Waals surface area contributed by atoms with Crippen LogP contribution in [0.4, 0.5) is 32.0 Å². The highest BCUT2D eigenvalue weighted by Crippen LogP contribution is 2.43. The van der Waals surface area contributed by atoms with Crippen LogP contribution in [0, 0.1) is 5.41 Å². The molecule has 0 aromatic heterocycles. The number of methoxy groups -OCH3 is 1. The molecule has 2 unspecified atom stereocenters. The van der Waals surface area contributed by atoms with E-state index in [0.717, 1.165) is 11.1 Å². The Bertz CT molecular complexity index is 1330. The second kappa shape index (κ2) is 12.3. The largest absolute Gasteiger partial charge is 0.416 e. The number of alkyl halides is 6. The summed E-state index contributed by atoms with van der Waals surface area (Å²) >= 11 is 0. The van der Waals surface area contributed by atoms with Crippen molar-refractivity contribution in [1.29, 1.82) is 5.41 Å². The molecule has 2 aliphatic rings. The summed E-state index contributed by atoms with van der Waals surface area (Å²) in [5.41, 5.74) is 0.188. The fourth-order valence-corrected chi connectivity index (χ4v) is 5.34. The van der Waals surface area contributed by atoms with Gasteiger partial charge >= 0.3 is 12.4 Å². The Balaban J connectivity index is 1.85. The zero-order chi connectivity index (χ0) is 30.8. The van der Waals surface area contributed by atoms with Crippen LogP contribution in [0.5, 0.6) is 0 Å². The normalized spacial score (nSPS) is 17.9. The van der Waals surface area contributed by atoms with Gasteiger partial charge in [0.1, 0.15) is 0 Å². The van der Waals surface area contributed by atoms with E-state index < -0.39 is 48.4 Å². The molecule has 3 N–H and O–H groups in total. The predicted octanol–water partition coefficient (Wildman–Crippen LogP) is 7.05. The maximum atomic E-state index is 13.6. The fourth-order valence-electron chi connectivity index (χ4n) is 5.34. The number of nitrogens with two attached hydrogens (primary N) is 1. The first-order valence-electron chi connectivity index (χ1n) is 13.3. The molecule has 228 valence electrons. The maximum absolute atomic E-state index is 13.6. The Kier molecular flexibility index (Phi) is 9.16. The first kappa shape index (κ1) is 31.3. The van der Waals surface area contributed by atoms with Crippen LogP contribution in [0.25, 0.3) is 6.08 Å². The number of nitrogens with zero attached hydrogens (tertiary/aromatic N) is 4. The van der Waals surface area contributed by atoms with Gasteiger partial charge in [-0.2, -0.15) is 26.3 Å². The van der Waals surface area contributed by atoms with Crippen LogP contribution >= 0.6 is 0 Å². The average molecular weight is 599 g/mol. The van der Waals surface area contributed by atoms with Gasteiger partial charge in [0.05, 0.1) is 23.3 Å². The molecule has 0 spiro atoms. The molecule has 0 radical (unpaired) electrons. The van der Waals surface area contributed by atoms with Crippen LogP contribution < -0.4 is 10.7 Å². The molecule has 8 nitrogen and oxygen atoms in total. The number of allylic oxidation sites excluding steroid dienone is 1. The standard InChI is InChI=1S/C28H32F6N6O2/c1-16(2)42-26(41-3)39-9-5-8-23(22-12-18-6-4-7-19(18)13-24(22)39)40(25(35)37-38-36)15-17-10-20(27(29,30)31)14-21(11-17)28(32,33)34/h4,7,10-14,16,23,26H,5-6,8-9,15H2,1-3H3,(H3,35,36,37). The van der Waals surface area contributed by atoms with E-state index in [1.165, 1.54) is 12.0 Å². The lowest BCUT2D eigenvalue weighted by Gasteiger charge is -2.36. The predicted molar refractivity (Wildman–Crippen MR) is 144 cm³/mol. The zero-order valence-corrected chi connectivity index (χ0v) is 23.3. The van der Waals surface area contributed by atoms with Gasteiger partial charge in [0.15, 0.2) is 0 Å². The Labute approximate surface area is 239 Å². The van der Waals surface area contributed by atoms with Crippen molar-refractivity contribution in [3.63, 3.8) is 0 Å². The summed E-state index contributed by atoms with van der Waals surface area (Å²) in [4.78, 5) is 3.26. The summed E-state index contributed by atoms with van der Waals surface area (Å²) in [6.07, 6.45) is -5.44. The average Bonchev–Trinajstić information content (AvgIpc) is 3.29. The van der Waals surface area contributed by atoms with Crippen molar-refractivity contribution < 1.29 is 35.8 Å². The van der Waals surface area contributed by atoms with Crippen molar-refractivity contribution in [2.45, 2.75) is 70.6 Å². The van der Waals surface area contributed by atoms with E-state index in [2.05, 4.69) is 10.3 Å². The maximum Gasteiger partial charge on any atom is 0.416 e. The highest BCUT2D eigenvalue weighted by Gasteiger charge is 2.38. The molecule has 4 rings (SSSR count). The summed E-state index contributed by atoms with van der Waals surface area (Å²) < 4.78 is 93.4. The third-order valence-corrected chi connectivity index (χ3v) is 7.11. The molecule has 2 atom stereocenters. The molecule has 42 heavy (non-hydrogen) atoms. The number of anilines is 1.